The van der Waals surface area contributed by atoms with Gasteiger partial charge in [-0.25, -0.2) is 4.39 Å². The molecule has 1 nitrogen and oxygen atoms in total. The van der Waals surface area contributed by atoms with Crippen LogP contribution in [-0.4, -0.2) is 6.04 Å². The first kappa shape index (κ1) is 13.6. The van der Waals surface area contributed by atoms with E-state index in [9.17, 15) is 4.39 Å². The molecule has 0 amide bonds. The van der Waals surface area contributed by atoms with Crippen molar-refractivity contribution in [2.45, 2.75) is 31.7 Å². The zero-order valence-electron chi connectivity index (χ0n) is 11.4. The Balaban J connectivity index is 1.59. The van der Waals surface area contributed by atoms with E-state index in [0.717, 1.165) is 23.0 Å². The first-order valence-electron chi connectivity index (χ1n) is 6.90. The van der Waals surface area contributed by atoms with Gasteiger partial charge < -0.3 is 5.32 Å². The van der Waals surface area contributed by atoms with Gasteiger partial charge in [-0.05, 0) is 61.1 Å². The van der Waals surface area contributed by atoms with Crippen LogP contribution in [0, 0.1) is 12.7 Å². The van der Waals surface area contributed by atoms with Crippen molar-refractivity contribution in [3.63, 3.8) is 0 Å². The third-order valence-corrected chi connectivity index (χ3v) is 4.49. The predicted molar refractivity (Wildman–Crippen MR) is 84.7 cm³/mol. The van der Waals surface area contributed by atoms with Crippen molar-refractivity contribution < 1.29 is 4.39 Å². The molecule has 1 N–H and O–H groups in total. The van der Waals surface area contributed by atoms with Gasteiger partial charge in [0, 0.05) is 16.2 Å². The smallest absolute Gasteiger partial charge is 0.128 e. The molecule has 1 aliphatic carbocycles. The van der Waals surface area contributed by atoms with Gasteiger partial charge in [0.25, 0.3) is 0 Å². The molecular weight excluding hydrogens is 317 g/mol. The Morgan fingerprint density at radius 3 is 2.65 bits per heavy atom. The Labute approximate surface area is 127 Å². The fraction of sp³-hybridized carbons (Fsp3) is 0.294. The van der Waals surface area contributed by atoms with E-state index in [2.05, 4.69) is 39.4 Å². The molecule has 2 aromatic carbocycles. The molecule has 1 aliphatic rings. The number of hydrogen-bond donors (Lipinski definition) is 1. The molecular formula is C17H17BrFN. The average Bonchev–Trinajstić information content (AvgIpc) is 2.37. The highest BCUT2D eigenvalue weighted by atomic mass is 79.9. The SMILES string of the molecule is Cc1ccc(NC2CC(c3cccc(Br)c3)C2)cc1F. The number of anilines is 1. The summed E-state index contributed by atoms with van der Waals surface area (Å²) in [5, 5.41) is 3.41. The second kappa shape index (κ2) is 5.57. The molecule has 0 radical (unpaired) electrons. The molecule has 0 spiro atoms. The van der Waals surface area contributed by atoms with Gasteiger partial charge in [0.15, 0.2) is 0 Å². The maximum Gasteiger partial charge on any atom is 0.128 e. The van der Waals surface area contributed by atoms with Crippen molar-refractivity contribution in [3.05, 3.63) is 63.9 Å². The van der Waals surface area contributed by atoms with Crippen molar-refractivity contribution in [3.8, 4) is 0 Å². The lowest BCUT2D eigenvalue weighted by molar-refractivity contribution is 0.374. The van der Waals surface area contributed by atoms with E-state index in [1.807, 2.05) is 18.2 Å². The quantitative estimate of drug-likeness (QED) is 0.808. The van der Waals surface area contributed by atoms with Crippen LogP contribution in [0.2, 0.25) is 0 Å². The molecule has 0 unspecified atom stereocenters. The van der Waals surface area contributed by atoms with Crippen LogP contribution in [0.3, 0.4) is 0 Å². The van der Waals surface area contributed by atoms with Gasteiger partial charge in [-0.1, -0.05) is 34.1 Å². The molecule has 0 saturated heterocycles. The van der Waals surface area contributed by atoms with Crippen LogP contribution in [0.5, 0.6) is 0 Å². The Morgan fingerprint density at radius 1 is 1.15 bits per heavy atom. The molecule has 1 saturated carbocycles. The van der Waals surface area contributed by atoms with Gasteiger partial charge in [-0.3, -0.25) is 0 Å². The molecule has 0 aliphatic heterocycles. The second-order valence-electron chi connectivity index (χ2n) is 5.53. The summed E-state index contributed by atoms with van der Waals surface area (Å²) in [7, 11) is 0. The Morgan fingerprint density at radius 2 is 1.95 bits per heavy atom. The minimum Gasteiger partial charge on any atom is -0.382 e. The molecule has 2 aromatic rings. The van der Waals surface area contributed by atoms with Gasteiger partial charge in [-0.2, -0.15) is 0 Å². The summed E-state index contributed by atoms with van der Waals surface area (Å²) in [6.45, 7) is 1.78. The highest BCUT2D eigenvalue weighted by Gasteiger charge is 2.30. The number of aryl methyl sites for hydroxylation is 1. The third kappa shape index (κ3) is 2.88. The highest BCUT2D eigenvalue weighted by Crippen LogP contribution is 2.39. The largest absolute Gasteiger partial charge is 0.382 e. The van der Waals surface area contributed by atoms with Gasteiger partial charge in [0.1, 0.15) is 5.82 Å². The molecule has 0 bridgehead atoms. The Kier molecular flexibility index (Phi) is 3.79. The lowest BCUT2D eigenvalue weighted by Gasteiger charge is -2.37. The van der Waals surface area contributed by atoms with Gasteiger partial charge in [0.05, 0.1) is 0 Å². The maximum absolute atomic E-state index is 13.5. The molecule has 3 heteroatoms. The van der Waals surface area contributed by atoms with Crippen LogP contribution in [0.15, 0.2) is 46.9 Å². The van der Waals surface area contributed by atoms with E-state index in [-0.39, 0.29) is 5.82 Å². The number of benzene rings is 2. The first-order valence-corrected chi connectivity index (χ1v) is 7.69. The summed E-state index contributed by atoms with van der Waals surface area (Å²) in [5.74, 6) is 0.471. The van der Waals surface area contributed by atoms with Gasteiger partial charge in [-0.15, -0.1) is 0 Å². The van der Waals surface area contributed by atoms with Crippen molar-refractivity contribution in [2.24, 2.45) is 0 Å². The zero-order chi connectivity index (χ0) is 14.1. The van der Waals surface area contributed by atoms with Gasteiger partial charge >= 0.3 is 0 Å². The molecule has 104 valence electrons. The van der Waals surface area contributed by atoms with Crippen molar-refractivity contribution in [1.29, 1.82) is 0 Å². The summed E-state index contributed by atoms with van der Waals surface area (Å²) in [4.78, 5) is 0. The first-order chi connectivity index (χ1) is 9.61. The third-order valence-electron chi connectivity index (χ3n) is 4.00. The van der Waals surface area contributed by atoms with E-state index in [1.54, 1.807) is 13.0 Å². The monoisotopic (exact) mass is 333 g/mol. The number of halogens is 2. The van der Waals surface area contributed by atoms with E-state index < -0.39 is 0 Å². The van der Waals surface area contributed by atoms with Crippen LogP contribution in [-0.2, 0) is 0 Å². The Bertz CT molecular complexity index is 620. The molecule has 3 rings (SSSR count). The topological polar surface area (TPSA) is 12.0 Å². The fourth-order valence-corrected chi connectivity index (χ4v) is 3.10. The summed E-state index contributed by atoms with van der Waals surface area (Å²) >= 11 is 3.51. The van der Waals surface area contributed by atoms with E-state index in [4.69, 9.17) is 0 Å². The van der Waals surface area contributed by atoms with E-state index in [1.165, 1.54) is 5.56 Å². The summed E-state index contributed by atoms with van der Waals surface area (Å²) < 4.78 is 14.6. The maximum atomic E-state index is 13.5. The van der Waals surface area contributed by atoms with Crippen molar-refractivity contribution >= 4 is 21.6 Å². The van der Waals surface area contributed by atoms with Gasteiger partial charge in [0.2, 0.25) is 0 Å². The second-order valence-corrected chi connectivity index (χ2v) is 6.44. The van der Waals surface area contributed by atoms with E-state index in [0.29, 0.717) is 17.5 Å². The molecule has 20 heavy (non-hydrogen) atoms. The van der Waals surface area contributed by atoms with Crippen LogP contribution < -0.4 is 5.32 Å². The number of rotatable bonds is 3. The highest BCUT2D eigenvalue weighted by molar-refractivity contribution is 9.10. The van der Waals surface area contributed by atoms with Crippen LogP contribution in [0.4, 0.5) is 10.1 Å². The Hall–Kier alpha value is -1.35. The molecule has 1 fully saturated rings. The fourth-order valence-electron chi connectivity index (χ4n) is 2.69. The minimum absolute atomic E-state index is 0.141. The summed E-state index contributed by atoms with van der Waals surface area (Å²) in [6, 6.07) is 14.3. The van der Waals surface area contributed by atoms with Crippen LogP contribution in [0.1, 0.15) is 29.9 Å². The van der Waals surface area contributed by atoms with Crippen LogP contribution in [0.25, 0.3) is 0 Å². The number of hydrogen-bond acceptors (Lipinski definition) is 1. The standard InChI is InChI=1S/C17H17BrFN/c1-11-5-6-15(10-17(11)19)20-16-8-13(9-16)12-3-2-4-14(18)7-12/h2-7,10,13,16,20H,8-9H2,1H3. The van der Waals surface area contributed by atoms with Crippen LogP contribution >= 0.6 is 15.9 Å². The summed E-state index contributed by atoms with van der Waals surface area (Å²) in [5.41, 5.74) is 2.95. The van der Waals surface area contributed by atoms with Crippen molar-refractivity contribution in [2.75, 3.05) is 5.32 Å². The molecule has 0 aromatic heterocycles. The average molecular weight is 334 g/mol. The minimum atomic E-state index is -0.141. The van der Waals surface area contributed by atoms with E-state index >= 15 is 0 Å². The molecule has 0 heterocycles. The lowest BCUT2D eigenvalue weighted by Crippen LogP contribution is -2.34. The predicted octanol–water partition coefficient (Wildman–Crippen LogP) is 5.25. The lowest BCUT2D eigenvalue weighted by atomic mass is 9.76. The normalized spacial score (nSPS) is 21.4. The summed E-state index contributed by atoms with van der Waals surface area (Å²) in [6.07, 6.45) is 2.21. The zero-order valence-corrected chi connectivity index (χ0v) is 13.0. The number of nitrogens with one attached hydrogen (secondary N) is 1. The van der Waals surface area contributed by atoms with Crippen molar-refractivity contribution in [1.82, 2.24) is 0 Å². The molecule has 0 atom stereocenters.